The van der Waals surface area contributed by atoms with Crippen LogP contribution in [0.2, 0.25) is 0 Å². The summed E-state index contributed by atoms with van der Waals surface area (Å²) in [6.45, 7) is 5.89. The summed E-state index contributed by atoms with van der Waals surface area (Å²) in [4.78, 5) is 16.7. The maximum absolute atomic E-state index is 13.0. The number of rotatable bonds is 6. The first-order valence-corrected chi connectivity index (χ1v) is 9.43. The Morgan fingerprint density at radius 3 is 2.59 bits per heavy atom. The zero-order chi connectivity index (χ0) is 18.8. The summed E-state index contributed by atoms with van der Waals surface area (Å²) in [6, 6.07) is 6.30. The third-order valence-corrected chi connectivity index (χ3v) is 5.17. The number of carbonyl (C=O) groups is 1. The minimum absolute atomic E-state index is 0.0961. The van der Waals surface area contributed by atoms with Gasteiger partial charge in [0.25, 0.3) is 0 Å². The first kappa shape index (κ1) is 18.1. The van der Waals surface area contributed by atoms with Crippen molar-refractivity contribution in [3.63, 3.8) is 0 Å². The van der Waals surface area contributed by atoms with E-state index in [1.165, 1.54) is 12.1 Å². The summed E-state index contributed by atoms with van der Waals surface area (Å²) in [5, 5.41) is 11.2. The fraction of sp³-hybridized carbons (Fsp3) is 0.526. The van der Waals surface area contributed by atoms with Crippen molar-refractivity contribution >= 4 is 5.91 Å². The zero-order valence-electron chi connectivity index (χ0n) is 15.4. The number of nitrogens with zero attached hydrogens (tertiary/aromatic N) is 4. The van der Waals surface area contributed by atoms with E-state index in [0.29, 0.717) is 29.9 Å². The van der Waals surface area contributed by atoms with E-state index in [9.17, 15) is 9.18 Å². The summed E-state index contributed by atoms with van der Waals surface area (Å²) in [5.74, 6) is 0.777. The van der Waals surface area contributed by atoms with Gasteiger partial charge < -0.3 is 9.73 Å². The molecule has 1 saturated heterocycles. The number of amides is 1. The molecule has 7 nitrogen and oxygen atoms in total. The highest BCUT2D eigenvalue weighted by Gasteiger charge is 2.30. The van der Waals surface area contributed by atoms with Crippen LogP contribution < -0.4 is 5.32 Å². The van der Waals surface area contributed by atoms with Crippen LogP contribution in [0.3, 0.4) is 0 Å². The number of hydrogen-bond acceptors (Lipinski definition) is 6. The second-order valence-electron chi connectivity index (χ2n) is 7.28. The van der Waals surface area contributed by atoms with Crippen molar-refractivity contribution in [2.24, 2.45) is 0 Å². The Hall–Kier alpha value is -2.32. The van der Waals surface area contributed by atoms with Gasteiger partial charge in [0.05, 0.1) is 12.6 Å². The molecule has 2 fully saturated rings. The van der Waals surface area contributed by atoms with Gasteiger partial charge in [-0.2, -0.15) is 0 Å². The number of aromatic nitrogens is 2. The highest BCUT2D eigenvalue weighted by Crippen LogP contribution is 2.20. The van der Waals surface area contributed by atoms with Gasteiger partial charge in [-0.1, -0.05) is 0 Å². The van der Waals surface area contributed by atoms with E-state index in [1.807, 2.05) is 6.92 Å². The van der Waals surface area contributed by atoms with Crippen molar-refractivity contribution in [2.75, 3.05) is 26.2 Å². The second kappa shape index (κ2) is 7.74. The van der Waals surface area contributed by atoms with E-state index in [0.717, 1.165) is 39.0 Å². The molecule has 144 valence electrons. The summed E-state index contributed by atoms with van der Waals surface area (Å²) >= 11 is 0. The molecule has 2 aliphatic rings. The minimum atomic E-state index is -0.295. The Bertz CT molecular complexity index is 782. The van der Waals surface area contributed by atoms with Gasteiger partial charge >= 0.3 is 0 Å². The number of carbonyl (C=O) groups excluding carboxylic acids is 1. The molecule has 8 heteroatoms. The van der Waals surface area contributed by atoms with E-state index in [2.05, 4.69) is 25.3 Å². The fourth-order valence-electron chi connectivity index (χ4n) is 3.24. The first-order chi connectivity index (χ1) is 13.1. The van der Waals surface area contributed by atoms with Gasteiger partial charge in [-0.25, -0.2) is 4.39 Å². The SMILES string of the molecule is CC(C(=O)NC1CC1)N1CCN(Cc2nnc(-c3ccc(F)cc3)o2)CC1. The number of nitrogens with one attached hydrogen (secondary N) is 1. The molecule has 2 heterocycles. The lowest BCUT2D eigenvalue weighted by Gasteiger charge is -2.36. The largest absolute Gasteiger partial charge is 0.419 e. The molecule has 0 radical (unpaired) electrons. The Labute approximate surface area is 157 Å². The topological polar surface area (TPSA) is 74.5 Å². The predicted octanol–water partition coefficient (Wildman–Crippen LogP) is 1.66. The van der Waals surface area contributed by atoms with E-state index in [1.54, 1.807) is 12.1 Å². The first-order valence-electron chi connectivity index (χ1n) is 9.43. The van der Waals surface area contributed by atoms with Crippen LogP contribution >= 0.6 is 0 Å². The fourth-order valence-corrected chi connectivity index (χ4v) is 3.24. The van der Waals surface area contributed by atoms with E-state index in [4.69, 9.17) is 4.42 Å². The Kier molecular flexibility index (Phi) is 5.18. The van der Waals surface area contributed by atoms with Crippen molar-refractivity contribution in [2.45, 2.75) is 38.4 Å². The lowest BCUT2D eigenvalue weighted by atomic mass is 10.2. The lowest BCUT2D eigenvalue weighted by molar-refractivity contribution is -0.126. The third kappa shape index (κ3) is 4.51. The van der Waals surface area contributed by atoms with Gasteiger partial charge in [0.2, 0.25) is 17.7 Å². The van der Waals surface area contributed by atoms with Gasteiger partial charge in [0.15, 0.2) is 0 Å². The number of halogens is 1. The molecule has 1 aliphatic carbocycles. The maximum atomic E-state index is 13.0. The highest BCUT2D eigenvalue weighted by molar-refractivity contribution is 5.81. The molecular formula is C19H24FN5O2. The van der Waals surface area contributed by atoms with Gasteiger partial charge in [-0.15, -0.1) is 10.2 Å². The molecule has 1 saturated carbocycles. The molecule has 0 spiro atoms. The summed E-state index contributed by atoms with van der Waals surface area (Å²) < 4.78 is 18.7. The van der Waals surface area contributed by atoms with Crippen molar-refractivity contribution in [1.29, 1.82) is 0 Å². The second-order valence-corrected chi connectivity index (χ2v) is 7.28. The van der Waals surface area contributed by atoms with Crippen LogP contribution in [0.15, 0.2) is 28.7 Å². The van der Waals surface area contributed by atoms with Gasteiger partial charge in [-0.05, 0) is 44.0 Å². The quantitative estimate of drug-likeness (QED) is 0.830. The lowest BCUT2D eigenvalue weighted by Crippen LogP contribution is -2.53. The van der Waals surface area contributed by atoms with Gasteiger partial charge in [0.1, 0.15) is 5.82 Å². The van der Waals surface area contributed by atoms with Crippen molar-refractivity contribution in [1.82, 2.24) is 25.3 Å². The van der Waals surface area contributed by atoms with Gasteiger partial charge in [0, 0.05) is 37.8 Å². The molecule has 27 heavy (non-hydrogen) atoms. The number of hydrogen-bond donors (Lipinski definition) is 1. The van der Waals surface area contributed by atoms with Crippen LogP contribution in [0.1, 0.15) is 25.7 Å². The molecule has 1 amide bonds. The van der Waals surface area contributed by atoms with E-state index >= 15 is 0 Å². The molecule has 4 rings (SSSR count). The highest BCUT2D eigenvalue weighted by atomic mass is 19.1. The minimum Gasteiger partial charge on any atom is -0.419 e. The smallest absolute Gasteiger partial charge is 0.247 e. The van der Waals surface area contributed by atoms with Gasteiger partial charge in [-0.3, -0.25) is 14.6 Å². The number of piperazine rings is 1. The molecule has 2 aromatic rings. The van der Waals surface area contributed by atoms with E-state index < -0.39 is 0 Å². The monoisotopic (exact) mass is 373 g/mol. The van der Waals surface area contributed by atoms with Crippen LogP contribution in [-0.2, 0) is 11.3 Å². The van der Waals surface area contributed by atoms with Crippen LogP contribution in [0.4, 0.5) is 4.39 Å². The molecular weight excluding hydrogens is 349 g/mol. The average molecular weight is 373 g/mol. The summed E-state index contributed by atoms with van der Waals surface area (Å²) in [5.41, 5.74) is 0.704. The maximum Gasteiger partial charge on any atom is 0.247 e. The Morgan fingerprint density at radius 1 is 1.22 bits per heavy atom. The summed E-state index contributed by atoms with van der Waals surface area (Å²) in [7, 11) is 0. The third-order valence-electron chi connectivity index (χ3n) is 5.17. The molecule has 0 bridgehead atoms. The Balaban J connectivity index is 1.28. The molecule has 1 unspecified atom stereocenters. The normalized spacial score (nSPS) is 19.8. The van der Waals surface area contributed by atoms with Crippen LogP contribution in [0, 0.1) is 5.82 Å². The number of benzene rings is 1. The average Bonchev–Trinajstić information content (AvgIpc) is 3.37. The van der Waals surface area contributed by atoms with Crippen LogP contribution in [0.25, 0.3) is 11.5 Å². The Morgan fingerprint density at radius 2 is 1.93 bits per heavy atom. The molecule has 1 aliphatic heterocycles. The molecule has 1 aromatic carbocycles. The molecule has 1 atom stereocenters. The van der Waals surface area contributed by atoms with Crippen LogP contribution in [0.5, 0.6) is 0 Å². The van der Waals surface area contributed by atoms with Crippen molar-refractivity contribution in [3.8, 4) is 11.5 Å². The molecule has 1 N–H and O–H groups in total. The van der Waals surface area contributed by atoms with Crippen molar-refractivity contribution < 1.29 is 13.6 Å². The van der Waals surface area contributed by atoms with E-state index in [-0.39, 0.29) is 17.8 Å². The standard InChI is InChI=1S/C19H24FN5O2/c1-13(18(26)21-16-6-7-16)25-10-8-24(9-11-25)12-17-22-23-19(27-17)14-2-4-15(20)5-3-14/h2-5,13,16H,6-12H2,1H3,(H,21,26). The van der Waals surface area contributed by atoms with Crippen LogP contribution in [-0.4, -0.2) is 64.2 Å². The molecule has 1 aromatic heterocycles. The van der Waals surface area contributed by atoms with Crippen molar-refractivity contribution in [3.05, 3.63) is 36.0 Å². The predicted molar refractivity (Wildman–Crippen MR) is 97.2 cm³/mol. The zero-order valence-corrected chi connectivity index (χ0v) is 15.4. The summed E-state index contributed by atoms with van der Waals surface area (Å²) in [6.07, 6.45) is 2.21.